The van der Waals surface area contributed by atoms with Crippen LogP contribution in [-0.2, 0) is 4.74 Å². The second-order valence-electron chi connectivity index (χ2n) is 5.94. The molecule has 106 valence electrons. The maximum absolute atomic E-state index is 12.3. The summed E-state index contributed by atoms with van der Waals surface area (Å²) < 4.78 is 5.67. The van der Waals surface area contributed by atoms with E-state index in [4.69, 9.17) is 4.74 Å². The highest BCUT2D eigenvalue weighted by Crippen LogP contribution is 2.24. The van der Waals surface area contributed by atoms with Gasteiger partial charge in [-0.2, -0.15) is 5.10 Å². The molecule has 0 saturated carbocycles. The monoisotopic (exact) mass is 273 g/mol. The number of benzene rings is 1. The van der Waals surface area contributed by atoms with Gasteiger partial charge in [-0.1, -0.05) is 6.07 Å². The van der Waals surface area contributed by atoms with E-state index in [9.17, 15) is 4.79 Å². The van der Waals surface area contributed by atoms with E-state index >= 15 is 0 Å². The molecule has 0 bridgehead atoms. The van der Waals surface area contributed by atoms with Crippen LogP contribution in [0.3, 0.4) is 0 Å². The van der Waals surface area contributed by atoms with Crippen LogP contribution in [0.25, 0.3) is 10.9 Å². The van der Waals surface area contributed by atoms with Gasteiger partial charge in [0.25, 0.3) is 5.91 Å². The van der Waals surface area contributed by atoms with Gasteiger partial charge in [0.1, 0.15) is 0 Å². The minimum atomic E-state index is -0.163. The number of carbonyl (C=O) groups excluding carboxylic acids is 1. The van der Waals surface area contributed by atoms with Crippen molar-refractivity contribution in [1.82, 2.24) is 15.5 Å². The number of nitrogens with zero attached hydrogens (tertiary/aromatic N) is 1. The summed E-state index contributed by atoms with van der Waals surface area (Å²) in [5.74, 6) is -0.0378. The lowest BCUT2D eigenvalue weighted by Crippen LogP contribution is -2.45. The predicted molar refractivity (Wildman–Crippen MR) is 76.6 cm³/mol. The molecule has 0 aliphatic carbocycles. The molecule has 1 aliphatic heterocycles. The molecule has 1 aromatic heterocycles. The standard InChI is InChI=1S/C15H19N3O2/c1-15(2)8-12(5-6-20-15)17-14(19)10-3-4-11-9-16-18-13(11)7-10/h3-4,7,9,12H,5-6,8H2,1-2H3,(H,16,18)(H,17,19). The van der Waals surface area contributed by atoms with Crippen LogP contribution < -0.4 is 5.32 Å². The van der Waals surface area contributed by atoms with Crippen LogP contribution in [0.4, 0.5) is 0 Å². The average molecular weight is 273 g/mol. The number of hydrogen-bond acceptors (Lipinski definition) is 3. The third-order valence-electron chi connectivity index (χ3n) is 3.74. The molecule has 20 heavy (non-hydrogen) atoms. The highest BCUT2D eigenvalue weighted by molar-refractivity contribution is 5.97. The van der Waals surface area contributed by atoms with Crippen molar-refractivity contribution in [2.75, 3.05) is 6.61 Å². The highest BCUT2D eigenvalue weighted by Gasteiger charge is 2.29. The zero-order chi connectivity index (χ0) is 14.2. The molecular formula is C15H19N3O2. The Kier molecular flexibility index (Phi) is 3.22. The van der Waals surface area contributed by atoms with E-state index in [0.29, 0.717) is 12.2 Å². The number of hydrogen-bond donors (Lipinski definition) is 2. The molecule has 1 fully saturated rings. The van der Waals surface area contributed by atoms with Crippen molar-refractivity contribution in [3.05, 3.63) is 30.0 Å². The number of aromatic nitrogens is 2. The van der Waals surface area contributed by atoms with Crippen molar-refractivity contribution < 1.29 is 9.53 Å². The van der Waals surface area contributed by atoms with Crippen LogP contribution in [-0.4, -0.2) is 34.4 Å². The number of rotatable bonds is 2. The van der Waals surface area contributed by atoms with Gasteiger partial charge >= 0.3 is 0 Å². The van der Waals surface area contributed by atoms with Crippen LogP contribution >= 0.6 is 0 Å². The van der Waals surface area contributed by atoms with Crippen molar-refractivity contribution in [1.29, 1.82) is 0 Å². The normalized spacial score (nSPS) is 21.8. The largest absolute Gasteiger partial charge is 0.375 e. The first kappa shape index (κ1) is 13.1. The molecule has 5 heteroatoms. The Hall–Kier alpha value is -1.88. The lowest BCUT2D eigenvalue weighted by Gasteiger charge is -2.35. The molecular weight excluding hydrogens is 254 g/mol. The molecule has 1 atom stereocenters. The highest BCUT2D eigenvalue weighted by atomic mass is 16.5. The Morgan fingerprint density at radius 2 is 2.35 bits per heavy atom. The SMILES string of the molecule is CC1(C)CC(NC(=O)c2ccc3cn[nH]c3c2)CCO1. The van der Waals surface area contributed by atoms with E-state index in [1.165, 1.54) is 0 Å². The Morgan fingerprint density at radius 3 is 3.15 bits per heavy atom. The summed E-state index contributed by atoms with van der Waals surface area (Å²) in [6.07, 6.45) is 3.45. The van der Waals surface area contributed by atoms with E-state index in [1.807, 2.05) is 18.2 Å². The van der Waals surface area contributed by atoms with E-state index in [-0.39, 0.29) is 17.6 Å². The topological polar surface area (TPSA) is 67.0 Å². The number of nitrogens with one attached hydrogen (secondary N) is 2. The molecule has 2 N–H and O–H groups in total. The second kappa shape index (κ2) is 4.90. The van der Waals surface area contributed by atoms with Gasteiger partial charge in [-0.25, -0.2) is 0 Å². The Morgan fingerprint density at radius 1 is 1.50 bits per heavy atom. The van der Waals surface area contributed by atoms with E-state index in [1.54, 1.807) is 6.20 Å². The van der Waals surface area contributed by atoms with Crippen molar-refractivity contribution in [2.24, 2.45) is 0 Å². The minimum Gasteiger partial charge on any atom is -0.375 e. The van der Waals surface area contributed by atoms with Crippen molar-refractivity contribution in [3.63, 3.8) is 0 Å². The van der Waals surface area contributed by atoms with Crippen LogP contribution in [0.5, 0.6) is 0 Å². The summed E-state index contributed by atoms with van der Waals surface area (Å²) in [5, 5.41) is 10.9. The summed E-state index contributed by atoms with van der Waals surface area (Å²) in [6.45, 7) is 4.81. The second-order valence-corrected chi connectivity index (χ2v) is 5.94. The molecule has 0 spiro atoms. The Bertz CT molecular complexity index is 633. The third-order valence-corrected chi connectivity index (χ3v) is 3.74. The van der Waals surface area contributed by atoms with Crippen LogP contribution in [0.15, 0.2) is 24.4 Å². The zero-order valence-corrected chi connectivity index (χ0v) is 11.8. The van der Waals surface area contributed by atoms with Gasteiger partial charge in [0.05, 0.1) is 17.3 Å². The number of fused-ring (bicyclic) bond motifs is 1. The van der Waals surface area contributed by atoms with Crippen molar-refractivity contribution in [3.8, 4) is 0 Å². The van der Waals surface area contributed by atoms with Gasteiger partial charge in [0.15, 0.2) is 0 Å². The molecule has 3 rings (SSSR count). The van der Waals surface area contributed by atoms with Crippen molar-refractivity contribution in [2.45, 2.75) is 38.3 Å². The van der Waals surface area contributed by atoms with Crippen molar-refractivity contribution >= 4 is 16.8 Å². The summed E-state index contributed by atoms with van der Waals surface area (Å²) in [7, 11) is 0. The van der Waals surface area contributed by atoms with Gasteiger partial charge < -0.3 is 10.1 Å². The number of aromatic amines is 1. The molecule has 5 nitrogen and oxygen atoms in total. The quantitative estimate of drug-likeness (QED) is 0.882. The average Bonchev–Trinajstić information content (AvgIpc) is 2.84. The maximum atomic E-state index is 12.3. The number of H-pyrrole nitrogens is 1. The molecule has 1 unspecified atom stereocenters. The van der Waals surface area contributed by atoms with Gasteiger partial charge in [-0.15, -0.1) is 0 Å². The van der Waals surface area contributed by atoms with Crippen LogP contribution in [0, 0.1) is 0 Å². The first-order valence-electron chi connectivity index (χ1n) is 6.91. The molecule has 1 aromatic carbocycles. The van der Waals surface area contributed by atoms with Crippen LogP contribution in [0.1, 0.15) is 37.0 Å². The molecule has 0 radical (unpaired) electrons. The Balaban J connectivity index is 1.72. The molecule has 1 amide bonds. The fourth-order valence-corrected chi connectivity index (χ4v) is 2.70. The van der Waals surface area contributed by atoms with E-state index in [2.05, 4.69) is 29.4 Å². The number of ether oxygens (including phenoxy) is 1. The molecule has 1 aliphatic rings. The van der Waals surface area contributed by atoms with Gasteiger partial charge in [-0.05, 0) is 38.8 Å². The third kappa shape index (κ3) is 2.67. The molecule has 2 aromatic rings. The summed E-state index contributed by atoms with van der Waals surface area (Å²) in [5.41, 5.74) is 1.37. The van der Waals surface area contributed by atoms with E-state index < -0.39 is 0 Å². The number of amides is 1. The lowest BCUT2D eigenvalue weighted by atomic mass is 9.93. The summed E-state index contributed by atoms with van der Waals surface area (Å²) >= 11 is 0. The summed E-state index contributed by atoms with van der Waals surface area (Å²) in [6, 6.07) is 5.74. The minimum absolute atomic E-state index is 0.0378. The molecule has 1 saturated heterocycles. The first-order chi connectivity index (χ1) is 9.53. The number of carbonyl (C=O) groups is 1. The smallest absolute Gasteiger partial charge is 0.251 e. The van der Waals surface area contributed by atoms with E-state index in [0.717, 1.165) is 23.7 Å². The summed E-state index contributed by atoms with van der Waals surface area (Å²) in [4.78, 5) is 12.3. The predicted octanol–water partition coefficient (Wildman–Crippen LogP) is 2.25. The van der Waals surface area contributed by atoms with Gasteiger partial charge in [0, 0.05) is 23.6 Å². The maximum Gasteiger partial charge on any atom is 0.251 e. The van der Waals surface area contributed by atoms with Gasteiger partial charge in [0.2, 0.25) is 0 Å². The first-order valence-corrected chi connectivity index (χ1v) is 6.91. The Labute approximate surface area is 117 Å². The van der Waals surface area contributed by atoms with Crippen LogP contribution in [0.2, 0.25) is 0 Å². The fraction of sp³-hybridized carbons (Fsp3) is 0.467. The fourth-order valence-electron chi connectivity index (χ4n) is 2.70. The lowest BCUT2D eigenvalue weighted by molar-refractivity contribution is -0.0615. The zero-order valence-electron chi connectivity index (χ0n) is 11.8. The van der Waals surface area contributed by atoms with Gasteiger partial charge in [-0.3, -0.25) is 9.89 Å². The molecule has 2 heterocycles.